The van der Waals surface area contributed by atoms with E-state index < -0.39 is 9.84 Å². The number of nitrogens with zero attached hydrogens (tertiary/aromatic N) is 1. The van der Waals surface area contributed by atoms with Gasteiger partial charge >= 0.3 is 0 Å². The number of hydrogen-bond donors (Lipinski definition) is 0. The molecule has 0 amide bonds. The summed E-state index contributed by atoms with van der Waals surface area (Å²) in [6.07, 6.45) is 0.334. The average Bonchev–Trinajstić information content (AvgIpc) is 2.06. The van der Waals surface area contributed by atoms with Crippen LogP contribution in [0.25, 0.3) is 0 Å². The first-order valence-electron chi connectivity index (χ1n) is 4.11. The summed E-state index contributed by atoms with van der Waals surface area (Å²) in [5.74, 6) is -0.102. The standard InChI is InChI=1S/C8H14ClNO2S/c1-7(2)13(11,12)4-3-8(5-9)6-10/h7-8H,3-5H2,1-2H3. The first-order valence-corrected chi connectivity index (χ1v) is 6.36. The molecule has 0 radical (unpaired) electrons. The van der Waals surface area contributed by atoms with Crippen molar-refractivity contribution in [2.45, 2.75) is 25.5 Å². The second kappa shape index (κ2) is 5.46. The van der Waals surface area contributed by atoms with Gasteiger partial charge in [0.15, 0.2) is 9.84 Å². The minimum atomic E-state index is -3.02. The predicted octanol–water partition coefficient (Wildman–Crippen LogP) is 1.58. The van der Waals surface area contributed by atoms with Crippen molar-refractivity contribution >= 4 is 21.4 Å². The molecule has 0 fully saturated rings. The molecule has 0 aliphatic heterocycles. The van der Waals surface area contributed by atoms with Gasteiger partial charge in [-0.3, -0.25) is 0 Å². The number of halogens is 1. The van der Waals surface area contributed by atoms with Crippen LogP contribution in [-0.4, -0.2) is 25.3 Å². The SMILES string of the molecule is CC(C)S(=O)(=O)CCC(C#N)CCl. The monoisotopic (exact) mass is 223 g/mol. The second-order valence-electron chi connectivity index (χ2n) is 3.18. The minimum absolute atomic E-state index is 0.0512. The second-order valence-corrected chi connectivity index (χ2v) is 6.17. The normalized spacial score (nSPS) is 14.1. The van der Waals surface area contributed by atoms with Crippen molar-refractivity contribution in [3.8, 4) is 6.07 Å². The van der Waals surface area contributed by atoms with Crippen LogP contribution in [-0.2, 0) is 9.84 Å². The molecule has 0 aliphatic carbocycles. The highest BCUT2D eigenvalue weighted by Crippen LogP contribution is 2.09. The molecule has 76 valence electrons. The first-order chi connectivity index (χ1) is 5.94. The van der Waals surface area contributed by atoms with E-state index in [0.29, 0.717) is 6.42 Å². The maximum atomic E-state index is 11.3. The lowest BCUT2D eigenvalue weighted by Gasteiger charge is -2.08. The predicted molar refractivity (Wildman–Crippen MR) is 53.4 cm³/mol. The number of sulfone groups is 1. The molecule has 3 nitrogen and oxygen atoms in total. The van der Waals surface area contributed by atoms with Crippen LogP contribution >= 0.6 is 11.6 Å². The third-order valence-corrected chi connectivity index (χ3v) is 4.45. The Balaban J connectivity index is 4.11. The molecule has 13 heavy (non-hydrogen) atoms. The lowest BCUT2D eigenvalue weighted by Crippen LogP contribution is -2.19. The summed E-state index contributed by atoms with van der Waals surface area (Å²) in [6, 6.07) is 1.97. The van der Waals surface area contributed by atoms with Crippen molar-refractivity contribution in [2.24, 2.45) is 5.92 Å². The zero-order valence-electron chi connectivity index (χ0n) is 7.83. The summed E-state index contributed by atoms with van der Waals surface area (Å²) >= 11 is 5.46. The molecule has 1 atom stereocenters. The van der Waals surface area contributed by atoms with Gasteiger partial charge in [-0.15, -0.1) is 11.6 Å². The Morgan fingerprint density at radius 1 is 1.46 bits per heavy atom. The van der Waals surface area contributed by atoms with Crippen LogP contribution in [0.5, 0.6) is 0 Å². The zero-order chi connectivity index (χ0) is 10.5. The smallest absolute Gasteiger partial charge is 0.152 e. The molecule has 0 N–H and O–H groups in total. The van der Waals surface area contributed by atoms with Crippen LogP contribution in [0.2, 0.25) is 0 Å². The van der Waals surface area contributed by atoms with Gasteiger partial charge in [-0.1, -0.05) is 0 Å². The van der Waals surface area contributed by atoms with Crippen molar-refractivity contribution in [2.75, 3.05) is 11.6 Å². The van der Waals surface area contributed by atoms with Gasteiger partial charge in [0.05, 0.1) is 23.0 Å². The fourth-order valence-corrected chi connectivity index (χ4v) is 2.03. The Kier molecular flexibility index (Phi) is 5.34. The molecule has 0 aromatic carbocycles. The molecule has 1 unspecified atom stereocenters. The molecule has 0 saturated carbocycles. The van der Waals surface area contributed by atoms with Crippen molar-refractivity contribution < 1.29 is 8.42 Å². The fourth-order valence-electron chi connectivity index (χ4n) is 0.718. The van der Waals surface area contributed by atoms with Crippen molar-refractivity contribution in [1.82, 2.24) is 0 Å². The number of nitriles is 1. The molecule has 0 bridgehead atoms. The fraction of sp³-hybridized carbons (Fsp3) is 0.875. The van der Waals surface area contributed by atoms with E-state index in [1.165, 1.54) is 0 Å². The van der Waals surface area contributed by atoms with E-state index in [9.17, 15) is 8.42 Å². The Labute approximate surface area is 84.6 Å². The zero-order valence-corrected chi connectivity index (χ0v) is 9.40. The highest BCUT2D eigenvalue weighted by atomic mass is 35.5. The molecular formula is C8H14ClNO2S. The maximum Gasteiger partial charge on any atom is 0.152 e. The quantitative estimate of drug-likeness (QED) is 0.665. The molecule has 0 heterocycles. The Hall–Kier alpha value is -0.270. The van der Waals surface area contributed by atoms with E-state index in [1.807, 2.05) is 6.07 Å². The minimum Gasteiger partial charge on any atom is -0.229 e. The number of rotatable bonds is 5. The average molecular weight is 224 g/mol. The molecule has 0 aliphatic rings. The highest BCUT2D eigenvalue weighted by Gasteiger charge is 2.18. The van der Waals surface area contributed by atoms with Gasteiger partial charge in [0, 0.05) is 5.88 Å². The van der Waals surface area contributed by atoms with Crippen molar-refractivity contribution in [3.63, 3.8) is 0 Å². The summed E-state index contributed by atoms with van der Waals surface area (Å²) in [4.78, 5) is 0. The topological polar surface area (TPSA) is 57.9 Å². The third kappa shape index (κ3) is 4.49. The molecular weight excluding hydrogens is 210 g/mol. The van der Waals surface area contributed by atoms with Gasteiger partial charge < -0.3 is 0 Å². The van der Waals surface area contributed by atoms with Gasteiger partial charge in [0.1, 0.15) is 0 Å². The Bertz CT molecular complexity index is 279. The molecule has 0 rings (SSSR count). The summed E-state index contributed by atoms with van der Waals surface area (Å²) in [5.41, 5.74) is 0. The van der Waals surface area contributed by atoms with Crippen LogP contribution in [0.4, 0.5) is 0 Å². The van der Waals surface area contributed by atoms with Crippen molar-refractivity contribution in [1.29, 1.82) is 5.26 Å². The lowest BCUT2D eigenvalue weighted by molar-refractivity contribution is 0.578. The summed E-state index contributed by atoms with van der Waals surface area (Å²) in [5, 5.41) is 8.16. The highest BCUT2D eigenvalue weighted by molar-refractivity contribution is 7.91. The van der Waals surface area contributed by atoms with Crippen LogP contribution in [0.15, 0.2) is 0 Å². The number of hydrogen-bond acceptors (Lipinski definition) is 3. The van der Waals surface area contributed by atoms with Gasteiger partial charge in [-0.25, -0.2) is 8.42 Å². The van der Waals surface area contributed by atoms with Gasteiger partial charge in [0.25, 0.3) is 0 Å². The number of alkyl halides is 1. The van der Waals surface area contributed by atoms with Gasteiger partial charge in [0.2, 0.25) is 0 Å². The molecule has 5 heteroatoms. The third-order valence-electron chi connectivity index (χ3n) is 1.84. The van der Waals surface area contributed by atoms with Crippen LogP contribution < -0.4 is 0 Å². The van der Waals surface area contributed by atoms with Crippen LogP contribution in [0.1, 0.15) is 20.3 Å². The van der Waals surface area contributed by atoms with E-state index in [2.05, 4.69) is 0 Å². The maximum absolute atomic E-state index is 11.3. The molecule has 0 saturated heterocycles. The molecule has 0 aromatic rings. The largest absolute Gasteiger partial charge is 0.229 e. The summed E-state index contributed by atoms with van der Waals surface area (Å²) < 4.78 is 22.6. The first kappa shape index (κ1) is 12.7. The Morgan fingerprint density at radius 2 is 2.00 bits per heavy atom. The van der Waals surface area contributed by atoms with Crippen LogP contribution in [0, 0.1) is 17.2 Å². The van der Waals surface area contributed by atoms with E-state index in [4.69, 9.17) is 16.9 Å². The van der Waals surface area contributed by atoms with Gasteiger partial charge in [-0.2, -0.15) is 5.26 Å². The Morgan fingerprint density at radius 3 is 2.31 bits per heavy atom. The van der Waals surface area contributed by atoms with Gasteiger partial charge in [-0.05, 0) is 20.3 Å². The summed E-state index contributed by atoms with van der Waals surface area (Å²) in [7, 11) is -3.02. The lowest BCUT2D eigenvalue weighted by atomic mass is 10.1. The van der Waals surface area contributed by atoms with Crippen LogP contribution in [0.3, 0.4) is 0 Å². The summed E-state index contributed by atoms with van der Waals surface area (Å²) in [6.45, 7) is 3.27. The van der Waals surface area contributed by atoms with E-state index >= 15 is 0 Å². The van der Waals surface area contributed by atoms with E-state index in [0.717, 1.165) is 0 Å². The molecule has 0 spiro atoms. The van der Waals surface area contributed by atoms with E-state index in [-0.39, 0.29) is 22.8 Å². The van der Waals surface area contributed by atoms with E-state index in [1.54, 1.807) is 13.8 Å². The molecule has 0 aromatic heterocycles. The van der Waals surface area contributed by atoms with Crippen molar-refractivity contribution in [3.05, 3.63) is 0 Å².